The Morgan fingerprint density at radius 2 is 2.00 bits per heavy atom. The first kappa shape index (κ1) is 5.18. The normalized spacial score (nSPS) is 27.4. The number of hydrogen-bond acceptors (Lipinski definition) is 3. The Kier molecular flexibility index (Phi) is 0.986. The molecule has 0 radical (unpaired) electrons. The molecule has 0 saturated carbocycles. The molecule has 1 aliphatic rings. The zero-order chi connectivity index (χ0) is 6.15. The molecule has 0 fully saturated rings. The summed E-state index contributed by atoms with van der Waals surface area (Å²) in [5.41, 5.74) is 0. The molecular weight excluding hydrogens is 108 g/mol. The first-order valence-electron chi connectivity index (χ1n) is 2.19. The summed E-state index contributed by atoms with van der Waals surface area (Å²) in [6, 6.07) is 0. The van der Waals surface area contributed by atoms with Crippen LogP contribution in [0.5, 0.6) is 0 Å². The van der Waals surface area contributed by atoms with Gasteiger partial charge in [0.15, 0.2) is 0 Å². The minimum atomic E-state index is -1.00. The van der Waals surface area contributed by atoms with Crippen molar-refractivity contribution in [2.75, 3.05) is 0 Å². The zero-order valence-corrected chi connectivity index (χ0v) is 4.07. The van der Waals surface area contributed by atoms with E-state index in [2.05, 4.69) is 0 Å². The highest BCUT2D eigenvalue weighted by atomic mass is 16.3. The molecule has 1 unspecified atom stereocenters. The quantitative estimate of drug-likeness (QED) is 0.423. The Hall–Kier alpha value is -0.960. The van der Waals surface area contributed by atoms with Crippen molar-refractivity contribution >= 4 is 0 Å². The van der Waals surface area contributed by atoms with E-state index >= 15 is 0 Å². The maximum Gasteiger partial charge on any atom is 0.133 e. The minimum absolute atomic E-state index is 0.0880. The molecule has 3 nitrogen and oxygen atoms in total. The highest BCUT2D eigenvalue weighted by Gasteiger charge is 2.13. The van der Waals surface area contributed by atoms with E-state index in [1.165, 1.54) is 0 Å². The van der Waals surface area contributed by atoms with Gasteiger partial charge in [0, 0.05) is 6.08 Å². The van der Waals surface area contributed by atoms with Crippen molar-refractivity contribution in [3.05, 3.63) is 23.7 Å². The maximum absolute atomic E-state index is 8.61. The van der Waals surface area contributed by atoms with Gasteiger partial charge in [-0.2, -0.15) is 0 Å². The maximum atomic E-state index is 8.61. The lowest BCUT2D eigenvalue weighted by Crippen LogP contribution is -2.00. The van der Waals surface area contributed by atoms with E-state index < -0.39 is 6.10 Å². The largest absolute Gasteiger partial charge is 0.509 e. The van der Waals surface area contributed by atoms with Gasteiger partial charge in [-0.3, -0.25) is 0 Å². The highest BCUT2D eigenvalue weighted by Crippen LogP contribution is 2.12. The van der Waals surface area contributed by atoms with Gasteiger partial charge in [0.1, 0.15) is 17.6 Å². The molecule has 1 aliphatic carbocycles. The summed E-state index contributed by atoms with van der Waals surface area (Å²) in [6.07, 6.45) is 1.25. The van der Waals surface area contributed by atoms with Crippen LogP contribution in [0.25, 0.3) is 0 Å². The predicted octanol–water partition coefficient (Wildman–Crippen LogP) is 0.245. The molecule has 0 aliphatic heterocycles. The fourth-order valence-corrected chi connectivity index (χ4v) is 0.532. The van der Waals surface area contributed by atoms with Crippen LogP contribution in [0.4, 0.5) is 0 Å². The average Bonchev–Trinajstić information content (AvgIpc) is 1.85. The summed E-state index contributed by atoms with van der Waals surface area (Å²) in [4.78, 5) is 0. The van der Waals surface area contributed by atoms with E-state index in [9.17, 15) is 0 Å². The molecule has 1 rings (SSSR count). The van der Waals surface area contributed by atoms with Gasteiger partial charge in [-0.25, -0.2) is 0 Å². The van der Waals surface area contributed by atoms with Crippen LogP contribution in [0.3, 0.4) is 0 Å². The summed E-state index contributed by atoms with van der Waals surface area (Å²) in [7, 11) is 0. The molecule has 44 valence electrons. The molecule has 3 N–H and O–H groups in total. The lowest BCUT2D eigenvalue weighted by atomic mass is 10.4. The van der Waals surface area contributed by atoms with Crippen molar-refractivity contribution in [3.63, 3.8) is 0 Å². The van der Waals surface area contributed by atoms with Crippen LogP contribution < -0.4 is 0 Å². The third kappa shape index (κ3) is 0.675. The Bertz CT molecular complexity index is 157. The van der Waals surface area contributed by atoms with Gasteiger partial charge >= 0.3 is 0 Å². The first-order valence-corrected chi connectivity index (χ1v) is 2.19. The first-order chi connectivity index (χ1) is 3.70. The fourth-order valence-electron chi connectivity index (χ4n) is 0.532. The summed E-state index contributed by atoms with van der Waals surface area (Å²) in [6.45, 7) is 0. The van der Waals surface area contributed by atoms with Crippen molar-refractivity contribution < 1.29 is 15.3 Å². The number of hydrogen-bond donors (Lipinski definition) is 3. The molecular formula is C5H6O3. The Labute approximate surface area is 46.2 Å². The van der Waals surface area contributed by atoms with Crippen molar-refractivity contribution in [1.29, 1.82) is 0 Å². The molecule has 0 heterocycles. The molecule has 0 amide bonds. The summed E-state index contributed by atoms with van der Waals surface area (Å²) in [5, 5.41) is 25.7. The SMILES string of the molecule is OC1=CC(O)C(O)=C1. The van der Waals surface area contributed by atoms with Gasteiger partial charge in [-0.05, 0) is 6.08 Å². The molecule has 0 saturated heterocycles. The van der Waals surface area contributed by atoms with E-state index in [0.717, 1.165) is 12.2 Å². The summed E-state index contributed by atoms with van der Waals surface area (Å²) in [5.74, 6) is -0.294. The molecule has 0 aromatic carbocycles. The Morgan fingerprint density at radius 3 is 2.12 bits per heavy atom. The van der Waals surface area contributed by atoms with Crippen LogP contribution in [-0.2, 0) is 0 Å². The van der Waals surface area contributed by atoms with Crippen LogP contribution in [0.15, 0.2) is 23.7 Å². The Balaban J connectivity index is 2.78. The lowest BCUT2D eigenvalue weighted by Gasteiger charge is -1.93. The smallest absolute Gasteiger partial charge is 0.133 e. The minimum Gasteiger partial charge on any atom is -0.509 e. The van der Waals surface area contributed by atoms with E-state index in [0.29, 0.717) is 0 Å². The molecule has 0 aromatic heterocycles. The van der Waals surface area contributed by atoms with Gasteiger partial charge in [0.2, 0.25) is 0 Å². The topological polar surface area (TPSA) is 60.7 Å². The van der Waals surface area contributed by atoms with Gasteiger partial charge in [-0.15, -0.1) is 0 Å². The second kappa shape index (κ2) is 1.52. The number of allylic oxidation sites excluding steroid dienone is 1. The third-order valence-corrected chi connectivity index (χ3v) is 0.927. The van der Waals surface area contributed by atoms with Crippen molar-refractivity contribution in [2.45, 2.75) is 6.10 Å². The van der Waals surface area contributed by atoms with Crippen LogP contribution in [0.1, 0.15) is 0 Å². The predicted molar refractivity (Wildman–Crippen MR) is 27.4 cm³/mol. The summed E-state index contributed by atoms with van der Waals surface area (Å²) < 4.78 is 0. The molecule has 1 atom stereocenters. The monoisotopic (exact) mass is 114 g/mol. The third-order valence-electron chi connectivity index (χ3n) is 0.927. The number of rotatable bonds is 0. The van der Waals surface area contributed by atoms with Gasteiger partial charge in [0.25, 0.3) is 0 Å². The van der Waals surface area contributed by atoms with Crippen molar-refractivity contribution in [3.8, 4) is 0 Å². The fraction of sp³-hybridized carbons (Fsp3) is 0.200. The average molecular weight is 114 g/mol. The molecule has 8 heavy (non-hydrogen) atoms. The van der Waals surface area contributed by atoms with Crippen molar-refractivity contribution in [1.82, 2.24) is 0 Å². The Morgan fingerprint density at radius 1 is 1.38 bits per heavy atom. The molecule has 0 spiro atoms. The van der Waals surface area contributed by atoms with Gasteiger partial charge in [-0.1, -0.05) is 0 Å². The number of aliphatic hydroxyl groups excluding tert-OH is 3. The second-order valence-corrected chi connectivity index (χ2v) is 1.61. The van der Waals surface area contributed by atoms with Crippen LogP contribution in [0.2, 0.25) is 0 Å². The highest BCUT2D eigenvalue weighted by molar-refractivity contribution is 5.28. The van der Waals surface area contributed by atoms with E-state index in [1.807, 2.05) is 0 Å². The van der Waals surface area contributed by atoms with E-state index in [1.54, 1.807) is 0 Å². The summed E-state index contributed by atoms with van der Waals surface area (Å²) >= 11 is 0. The molecule has 0 aromatic rings. The standard InChI is InChI=1S/C5H6O3/c6-3-1-4(7)5(8)2-3/h1-2,4,6-8H. The molecule has 0 bridgehead atoms. The molecule has 3 heteroatoms. The van der Waals surface area contributed by atoms with E-state index in [4.69, 9.17) is 15.3 Å². The zero-order valence-electron chi connectivity index (χ0n) is 4.07. The van der Waals surface area contributed by atoms with Crippen LogP contribution in [-0.4, -0.2) is 21.4 Å². The lowest BCUT2D eigenvalue weighted by molar-refractivity contribution is 0.196. The van der Waals surface area contributed by atoms with Gasteiger partial charge < -0.3 is 15.3 Å². The number of aliphatic hydroxyl groups is 3. The van der Waals surface area contributed by atoms with Crippen LogP contribution >= 0.6 is 0 Å². The van der Waals surface area contributed by atoms with Gasteiger partial charge in [0.05, 0.1) is 0 Å². The van der Waals surface area contributed by atoms with E-state index in [-0.39, 0.29) is 11.5 Å². The van der Waals surface area contributed by atoms with Crippen LogP contribution in [0, 0.1) is 0 Å². The van der Waals surface area contributed by atoms with Crippen molar-refractivity contribution in [2.24, 2.45) is 0 Å². The second-order valence-electron chi connectivity index (χ2n) is 1.61.